The van der Waals surface area contributed by atoms with Crippen LogP contribution >= 0.6 is 11.6 Å². The second kappa shape index (κ2) is 5.12. The normalized spacial score (nSPS) is 12.2. The van der Waals surface area contributed by atoms with Gasteiger partial charge in [-0.2, -0.15) is 0 Å². The first-order valence-electron chi connectivity index (χ1n) is 5.07. The van der Waals surface area contributed by atoms with Crippen molar-refractivity contribution in [2.24, 2.45) is 0 Å². The monoisotopic (exact) mass is 250 g/mol. The summed E-state index contributed by atoms with van der Waals surface area (Å²) in [6, 6.07) is 5.09. The van der Waals surface area contributed by atoms with E-state index in [1.54, 1.807) is 37.5 Å². The molecule has 0 aliphatic rings. The SMILES string of the molecule is C[C@@H](O)c1ccc(Oc2cncc(Cl)c2)nc1. The lowest BCUT2D eigenvalue weighted by molar-refractivity contribution is 0.198. The molecule has 0 aliphatic carbocycles. The van der Waals surface area contributed by atoms with Crippen molar-refractivity contribution >= 4 is 11.6 Å². The Kier molecular flexibility index (Phi) is 3.56. The van der Waals surface area contributed by atoms with Crippen LogP contribution in [0.15, 0.2) is 36.8 Å². The number of hydrogen-bond donors (Lipinski definition) is 1. The number of ether oxygens (including phenoxy) is 1. The molecule has 1 N–H and O–H groups in total. The van der Waals surface area contributed by atoms with Crippen LogP contribution in [0, 0.1) is 0 Å². The minimum absolute atomic E-state index is 0.429. The summed E-state index contributed by atoms with van der Waals surface area (Å²) in [5, 5.41) is 9.84. The van der Waals surface area contributed by atoms with E-state index in [9.17, 15) is 5.11 Å². The fourth-order valence-corrected chi connectivity index (χ4v) is 1.43. The molecule has 0 amide bonds. The number of hydrogen-bond acceptors (Lipinski definition) is 4. The highest BCUT2D eigenvalue weighted by atomic mass is 35.5. The molecule has 0 aromatic carbocycles. The first-order chi connectivity index (χ1) is 8.15. The molecule has 2 aromatic heterocycles. The number of aromatic nitrogens is 2. The van der Waals surface area contributed by atoms with Gasteiger partial charge in [-0.1, -0.05) is 11.6 Å². The Bertz CT molecular complexity index is 500. The van der Waals surface area contributed by atoms with E-state index >= 15 is 0 Å². The Morgan fingerprint density at radius 3 is 2.71 bits per heavy atom. The van der Waals surface area contributed by atoms with Crippen molar-refractivity contribution in [3.05, 3.63) is 47.4 Å². The van der Waals surface area contributed by atoms with Crippen molar-refractivity contribution in [1.29, 1.82) is 0 Å². The average molecular weight is 251 g/mol. The Hall–Kier alpha value is -1.65. The summed E-state index contributed by atoms with van der Waals surface area (Å²) >= 11 is 5.78. The van der Waals surface area contributed by atoms with Crippen molar-refractivity contribution in [3.63, 3.8) is 0 Å². The lowest BCUT2D eigenvalue weighted by atomic mass is 10.2. The smallest absolute Gasteiger partial charge is 0.219 e. The maximum Gasteiger partial charge on any atom is 0.219 e. The van der Waals surface area contributed by atoms with Gasteiger partial charge < -0.3 is 9.84 Å². The maximum atomic E-state index is 9.33. The van der Waals surface area contributed by atoms with Crippen molar-refractivity contribution in [2.75, 3.05) is 0 Å². The molecule has 17 heavy (non-hydrogen) atoms. The summed E-state index contributed by atoms with van der Waals surface area (Å²) in [6.07, 6.45) is 4.11. The zero-order valence-corrected chi connectivity index (χ0v) is 9.93. The molecule has 0 radical (unpaired) electrons. The molecule has 5 heteroatoms. The van der Waals surface area contributed by atoms with Crippen molar-refractivity contribution in [2.45, 2.75) is 13.0 Å². The molecule has 0 bridgehead atoms. The summed E-state index contributed by atoms with van der Waals surface area (Å²) < 4.78 is 5.45. The summed E-state index contributed by atoms with van der Waals surface area (Å²) in [7, 11) is 0. The Morgan fingerprint density at radius 1 is 1.29 bits per heavy atom. The fourth-order valence-electron chi connectivity index (χ4n) is 1.27. The molecule has 2 heterocycles. The van der Waals surface area contributed by atoms with Gasteiger partial charge in [0.2, 0.25) is 5.88 Å². The number of halogens is 1. The number of aliphatic hydroxyl groups excluding tert-OH is 1. The van der Waals surface area contributed by atoms with Crippen LogP contribution in [0.3, 0.4) is 0 Å². The third kappa shape index (κ3) is 3.15. The highest BCUT2D eigenvalue weighted by Gasteiger charge is 2.03. The molecule has 0 spiro atoms. The van der Waals surface area contributed by atoms with Gasteiger partial charge >= 0.3 is 0 Å². The van der Waals surface area contributed by atoms with Gasteiger partial charge in [-0.25, -0.2) is 4.98 Å². The summed E-state index contributed by atoms with van der Waals surface area (Å²) in [6.45, 7) is 1.68. The van der Waals surface area contributed by atoms with E-state index in [1.165, 1.54) is 6.20 Å². The predicted molar refractivity (Wildman–Crippen MR) is 64.2 cm³/mol. The summed E-state index contributed by atoms with van der Waals surface area (Å²) in [4.78, 5) is 7.97. The minimum atomic E-state index is -0.538. The molecule has 1 atom stereocenters. The number of aliphatic hydroxyl groups is 1. The average Bonchev–Trinajstić information content (AvgIpc) is 2.29. The maximum absolute atomic E-state index is 9.33. The first kappa shape index (κ1) is 11.8. The molecule has 0 saturated heterocycles. The molecule has 4 nitrogen and oxygen atoms in total. The lowest BCUT2D eigenvalue weighted by Crippen LogP contribution is -1.93. The molecular formula is C12H11ClN2O2. The van der Waals surface area contributed by atoms with Gasteiger partial charge in [-0.15, -0.1) is 0 Å². The quantitative estimate of drug-likeness (QED) is 0.910. The third-order valence-electron chi connectivity index (χ3n) is 2.14. The van der Waals surface area contributed by atoms with E-state index in [0.29, 0.717) is 16.7 Å². The highest BCUT2D eigenvalue weighted by molar-refractivity contribution is 6.30. The van der Waals surface area contributed by atoms with Crippen LogP contribution < -0.4 is 4.74 Å². The van der Waals surface area contributed by atoms with E-state index in [-0.39, 0.29) is 0 Å². The van der Waals surface area contributed by atoms with E-state index in [0.717, 1.165) is 5.56 Å². The zero-order valence-electron chi connectivity index (χ0n) is 9.17. The van der Waals surface area contributed by atoms with E-state index in [1.807, 2.05) is 0 Å². The van der Waals surface area contributed by atoms with Gasteiger partial charge in [0.25, 0.3) is 0 Å². The van der Waals surface area contributed by atoms with Crippen molar-refractivity contribution in [3.8, 4) is 11.6 Å². The van der Waals surface area contributed by atoms with Gasteiger partial charge in [-0.05, 0) is 18.6 Å². The molecule has 0 saturated carbocycles. The number of rotatable bonds is 3. The Morgan fingerprint density at radius 2 is 2.12 bits per heavy atom. The zero-order chi connectivity index (χ0) is 12.3. The fraction of sp³-hybridized carbons (Fsp3) is 0.167. The second-order valence-corrected chi connectivity index (χ2v) is 3.98. The van der Waals surface area contributed by atoms with Gasteiger partial charge in [-0.3, -0.25) is 4.98 Å². The number of pyridine rings is 2. The summed E-state index contributed by atoms with van der Waals surface area (Å²) in [5.74, 6) is 0.952. The minimum Gasteiger partial charge on any atom is -0.437 e. The van der Waals surface area contributed by atoms with Crippen LogP contribution in [0.1, 0.15) is 18.6 Å². The van der Waals surface area contributed by atoms with Gasteiger partial charge in [0.15, 0.2) is 0 Å². The molecule has 88 valence electrons. The van der Waals surface area contributed by atoms with Crippen molar-refractivity contribution in [1.82, 2.24) is 9.97 Å². The first-order valence-corrected chi connectivity index (χ1v) is 5.45. The molecular weight excluding hydrogens is 240 g/mol. The van der Waals surface area contributed by atoms with E-state index in [4.69, 9.17) is 16.3 Å². The largest absolute Gasteiger partial charge is 0.437 e. The van der Waals surface area contributed by atoms with Crippen LogP contribution in [0.5, 0.6) is 11.6 Å². The van der Waals surface area contributed by atoms with Crippen molar-refractivity contribution < 1.29 is 9.84 Å². The molecule has 2 rings (SSSR count). The topological polar surface area (TPSA) is 55.2 Å². The molecule has 0 aliphatic heterocycles. The molecule has 0 unspecified atom stereocenters. The van der Waals surface area contributed by atoms with Gasteiger partial charge in [0, 0.05) is 24.5 Å². The van der Waals surface area contributed by atoms with Gasteiger partial charge in [0.05, 0.1) is 17.3 Å². The van der Waals surface area contributed by atoms with E-state index in [2.05, 4.69) is 9.97 Å². The van der Waals surface area contributed by atoms with Crippen LogP contribution in [-0.2, 0) is 0 Å². The number of nitrogens with zero attached hydrogens (tertiary/aromatic N) is 2. The molecule has 0 fully saturated rings. The van der Waals surface area contributed by atoms with Gasteiger partial charge in [0.1, 0.15) is 5.75 Å². The Labute approximate surface area is 104 Å². The summed E-state index contributed by atoms with van der Waals surface area (Å²) in [5.41, 5.74) is 0.738. The second-order valence-electron chi connectivity index (χ2n) is 3.55. The standard InChI is InChI=1S/C12H11ClN2O2/c1-8(16)9-2-3-12(15-5-9)17-11-4-10(13)6-14-7-11/h2-8,16H,1H3/t8-/m1/s1. The lowest BCUT2D eigenvalue weighted by Gasteiger charge is -2.06. The van der Waals surface area contributed by atoms with E-state index < -0.39 is 6.10 Å². The highest BCUT2D eigenvalue weighted by Crippen LogP contribution is 2.22. The van der Waals surface area contributed by atoms with Crippen LogP contribution in [0.2, 0.25) is 5.02 Å². The van der Waals surface area contributed by atoms with Crippen LogP contribution in [0.25, 0.3) is 0 Å². The predicted octanol–water partition coefficient (Wildman–Crippen LogP) is 2.98. The van der Waals surface area contributed by atoms with Crippen LogP contribution in [-0.4, -0.2) is 15.1 Å². The third-order valence-corrected chi connectivity index (χ3v) is 2.35. The van der Waals surface area contributed by atoms with Crippen LogP contribution in [0.4, 0.5) is 0 Å². The Balaban J connectivity index is 2.14. The molecule has 2 aromatic rings.